The molecule has 3 aromatic heterocycles. The lowest BCUT2D eigenvalue weighted by molar-refractivity contribution is 0.405. The van der Waals surface area contributed by atoms with Gasteiger partial charge >= 0.3 is 0 Å². The van der Waals surface area contributed by atoms with Crippen molar-refractivity contribution in [3.63, 3.8) is 0 Å². The maximum atomic E-state index is 13.5. The first-order chi connectivity index (χ1) is 14.9. The molecular formula is C21H23ClN8O. The third-order valence-electron chi connectivity index (χ3n) is 6.78. The molecule has 31 heavy (non-hydrogen) atoms. The molecule has 2 fully saturated rings. The van der Waals surface area contributed by atoms with Crippen LogP contribution in [0.1, 0.15) is 25.7 Å². The monoisotopic (exact) mass is 438 g/mol. The van der Waals surface area contributed by atoms with Crippen LogP contribution in [0.5, 0.6) is 0 Å². The third kappa shape index (κ3) is 2.66. The standard InChI is InChI=1S/C21H23ClN8O/c1-28-9-14-15(27-28)6-5-13(17(14)22)18-16-19(26-25-18)24-21(29(2)20(16)31)30-11-3-4-12(30)8-10(23)7-11/h5-6,9-12H,3-4,7-8,23H2,1-2H3,(H,25,26)/t10?,11-,12+. The van der Waals surface area contributed by atoms with Gasteiger partial charge in [-0.2, -0.15) is 15.2 Å². The maximum Gasteiger partial charge on any atom is 0.266 e. The van der Waals surface area contributed by atoms with Gasteiger partial charge in [0.15, 0.2) is 5.65 Å². The molecule has 0 aliphatic carbocycles. The van der Waals surface area contributed by atoms with Gasteiger partial charge in [-0.1, -0.05) is 11.6 Å². The van der Waals surface area contributed by atoms with Crippen LogP contribution >= 0.6 is 11.6 Å². The number of rotatable bonds is 2. The van der Waals surface area contributed by atoms with E-state index < -0.39 is 0 Å². The summed E-state index contributed by atoms with van der Waals surface area (Å²) < 4.78 is 3.36. The van der Waals surface area contributed by atoms with Crippen LogP contribution in [0.4, 0.5) is 5.95 Å². The molecule has 1 aromatic carbocycles. The van der Waals surface area contributed by atoms with Crippen LogP contribution in [-0.2, 0) is 14.1 Å². The highest BCUT2D eigenvalue weighted by Gasteiger charge is 2.41. The molecule has 0 amide bonds. The molecule has 2 bridgehead atoms. The van der Waals surface area contributed by atoms with E-state index in [9.17, 15) is 4.79 Å². The van der Waals surface area contributed by atoms with Crippen LogP contribution in [-0.4, -0.2) is 47.7 Å². The molecule has 5 heterocycles. The van der Waals surface area contributed by atoms with Crippen molar-refractivity contribution in [2.75, 3.05) is 4.90 Å². The zero-order valence-corrected chi connectivity index (χ0v) is 18.1. The molecule has 6 rings (SSSR count). The summed E-state index contributed by atoms with van der Waals surface area (Å²) in [6.07, 6.45) is 5.89. The van der Waals surface area contributed by atoms with Crippen LogP contribution < -0.4 is 16.2 Å². The molecule has 0 radical (unpaired) electrons. The van der Waals surface area contributed by atoms with Crippen molar-refractivity contribution >= 4 is 39.5 Å². The largest absolute Gasteiger partial charge is 0.336 e. The summed E-state index contributed by atoms with van der Waals surface area (Å²) in [5, 5.41) is 13.6. The van der Waals surface area contributed by atoms with Crippen LogP contribution in [0.2, 0.25) is 5.02 Å². The highest BCUT2D eigenvalue weighted by atomic mass is 35.5. The van der Waals surface area contributed by atoms with E-state index >= 15 is 0 Å². The number of H-pyrrole nitrogens is 1. The molecule has 160 valence electrons. The smallest absolute Gasteiger partial charge is 0.266 e. The zero-order valence-electron chi connectivity index (χ0n) is 17.3. The minimum absolute atomic E-state index is 0.139. The minimum atomic E-state index is -0.139. The summed E-state index contributed by atoms with van der Waals surface area (Å²) in [6, 6.07) is 4.63. The van der Waals surface area contributed by atoms with E-state index in [1.807, 2.05) is 25.4 Å². The summed E-state index contributed by atoms with van der Waals surface area (Å²) >= 11 is 6.70. The fourth-order valence-electron chi connectivity index (χ4n) is 5.39. The van der Waals surface area contributed by atoms with E-state index in [4.69, 9.17) is 22.3 Å². The molecule has 10 heteroatoms. The highest BCUT2D eigenvalue weighted by molar-refractivity contribution is 6.38. The van der Waals surface area contributed by atoms with E-state index in [1.165, 1.54) is 0 Å². The van der Waals surface area contributed by atoms with Crippen molar-refractivity contribution in [3.8, 4) is 11.3 Å². The number of aryl methyl sites for hydroxylation is 1. The van der Waals surface area contributed by atoms with Gasteiger partial charge in [-0.05, 0) is 37.8 Å². The molecule has 2 saturated heterocycles. The Bertz CT molecular complexity index is 1390. The van der Waals surface area contributed by atoms with Crippen molar-refractivity contribution in [2.24, 2.45) is 19.8 Å². The summed E-state index contributed by atoms with van der Waals surface area (Å²) in [7, 11) is 3.63. The zero-order chi connectivity index (χ0) is 21.4. The molecule has 9 nitrogen and oxygen atoms in total. The van der Waals surface area contributed by atoms with Crippen molar-refractivity contribution in [1.29, 1.82) is 0 Å². The van der Waals surface area contributed by atoms with Gasteiger partial charge < -0.3 is 10.6 Å². The molecule has 0 saturated carbocycles. The predicted molar refractivity (Wildman–Crippen MR) is 120 cm³/mol. The summed E-state index contributed by atoms with van der Waals surface area (Å²) in [5.74, 6) is 0.670. The van der Waals surface area contributed by atoms with Gasteiger partial charge in [0.25, 0.3) is 5.56 Å². The van der Waals surface area contributed by atoms with E-state index in [0.717, 1.165) is 36.6 Å². The molecule has 0 spiro atoms. The van der Waals surface area contributed by atoms with Crippen LogP contribution in [0.15, 0.2) is 23.1 Å². The number of fused-ring (bicyclic) bond motifs is 4. The SMILES string of the molecule is Cn1cc2c(Cl)c(-c3[nH]nc4nc(N5[C@@H]6CC[C@H]5CC(N)C6)n(C)c(=O)c34)ccc2n1. The number of nitrogens with one attached hydrogen (secondary N) is 1. The van der Waals surface area contributed by atoms with Gasteiger partial charge in [0, 0.05) is 49.4 Å². The second-order valence-corrected chi connectivity index (χ2v) is 9.14. The maximum absolute atomic E-state index is 13.5. The first kappa shape index (κ1) is 18.8. The van der Waals surface area contributed by atoms with Gasteiger partial charge in [-0.25, -0.2) is 0 Å². The second-order valence-electron chi connectivity index (χ2n) is 8.76. The Kier molecular flexibility index (Phi) is 3.97. The Morgan fingerprint density at radius 2 is 1.94 bits per heavy atom. The minimum Gasteiger partial charge on any atom is -0.336 e. The summed E-state index contributed by atoms with van der Waals surface area (Å²) in [5.41, 5.74) is 8.58. The van der Waals surface area contributed by atoms with Crippen LogP contribution in [0.25, 0.3) is 33.2 Å². The van der Waals surface area contributed by atoms with Gasteiger partial charge in [0.1, 0.15) is 5.39 Å². The molecule has 3 N–H and O–H groups in total. The quantitative estimate of drug-likeness (QED) is 0.497. The van der Waals surface area contributed by atoms with Crippen molar-refractivity contribution < 1.29 is 0 Å². The first-order valence-electron chi connectivity index (χ1n) is 10.5. The Morgan fingerprint density at radius 1 is 1.19 bits per heavy atom. The number of benzene rings is 1. The third-order valence-corrected chi connectivity index (χ3v) is 7.19. The van der Waals surface area contributed by atoms with Crippen molar-refractivity contribution in [2.45, 2.75) is 43.8 Å². The van der Waals surface area contributed by atoms with E-state index in [-0.39, 0.29) is 11.6 Å². The van der Waals surface area contributed by atoms with Gasteiger partial charge in [0.05, 0.1) is 16.2 Å². The average molecular weight is 439 g/mol. The van der Waals surface area contributed by atoms with Crippen molar-refractivity contribution in [1.82, 2.24) is 29.5 Å². The molecule has 2 aliphatic heterocycles. The number of nitrogens with two attached hydrogens (primary N) is 1. The fraction of sp³-hybridized carbons (Fsp3) is 0.429. The number of piperidine rings is 1. The number of halogens is 1. The normalized spacial score (nSPS) is 23.4. The van der Waals surface area contributed by atoms with E-state index in [1.54, 1.807) is 16.3 Å². The molecular weight excluding hydrogens is 416 g/mol. The Labute approximate surface area is 182 Å². The van der Waals surface area contributed by atoms with Gasteiger partial charge in [0.2, 0.25) is 5.95 Å². The summed E-state index contributed by atoms with van der Waals surface area (Å²) in [6.45, 7) is 0. The summed E-state index contributed by atoms with van der Waals surface area (Å²) in [4.78, 5) is 20.6. The van der Waals surface area contributed by atoms with Gasteiger partial charge in [-0.3, -0.25) is 19.1 Å². The Hall–Kier alpha value is -2.91. The molecule has 2 aliphatic rings. The molecule has 1 unspecified atom stereocenters. The van der Waals surface area contributed by atoms with Gasteiger partial charge in [-0.15, -0.1) is 0 Å². The van der Waals surface area contributed by atoms with Crippen molar-refractivity contribution in [3.05, 3.63) is 33.7 Å². The number of hydrogen-bond acceptors (Lipinski definition) is 6. The lowest BCUT2D eigenvalue weighted by atomic mass is 9.98. The Morgan fingerprint density at radius 3 is 2.68 bits per heavy atom. The fourth-order valence-corrected chi connectivity index (χ4v) is 5.69. The molecule has 4 aromatic rings. The lowest BCUT2D eigenvalue weighted by Gasteiger charge is -2.38. The topological polar surface area (TPSA) is 111 Å². The highest BCUT2D eigenvalue weighted by Crippen LogP contribution is 2.39. The van der Waals surface area contributed by atoms with E-state index in [2.05, 4.69) is 20.2 Å². The number of aromatic amines is 1. The van der Waals surface area contributed by atoms with Crippen LogP contribution in [0, 0.1) is 0 Å². The predicted octanol–water partition coefficient (Wildman–Crippen LogP) is 2.32. The lowest BCUT2D eigenvalue weighted by Crippen LogP contribution is -2.49. The average Bonchev–Trinajstić information content (AvgIpc) is 3.39. The number of nitrogens with zero attached hydrogens (tertiary/aromatic N) is 6. The molecule has 3 atom stereocenters. The number of anilines is 1. The second kappa shape index (κ2) is 6.54. The van der Waals surface area contributed by atoms with Crippen LogP contribution in [0.3, 0.4) is 0 Å². The van der Waals surface area contributed by atoms with E-state index in [0.29, 0.717) is 45.3 Å². The first-order valence-corrected chi connectivity index (χ1v) is 10.9. The number of hydrogen-bond donors (Lipinski definition) is 2. The number of aromatic nitrogens is 6. The Balaban J connectivity index is 1.52.